The number of nitrogens with zero attached hydrogens (tertiary/aromatic N) is 1. The highest BCUT2D eigenvalue weighted by Gasteiger charge is 2.24. The van der Waals surface area contributed by atoms with Crippen LogP contribution < -0.4 is 10.1 Å². The lowest BCUT2D eigenvalue weighted by molar-refractivity contribution is -0.135. The molecule has 20 heavy (non-hydrogen) atoms. The zero-order valence-electron chi connectivity index (χ0n) is 11.5. The van der Waals surface area contributed by atoms with E-state index < -0.39 is 5.82 Å². The Morgan fingerprint density at radius 1 is 1.55 bits per heavy atom. The van der Waals surface area contributed by atoms with Crippen LogP contribution in [-0.2, 0) is 9.53 Å². The van der Waals surface area contributed by atoms with E-state index in [1.807, 2.05) is 0 Å². The van der Waals surface area contributed by atoms with Crippen molar-refractivity contribution in [2.75, 3.05) is 40.0 Å². The zero-order chi connectivity index (χ0) is 14.4. The Morgan fingerprint density at radius 2 is 2.35 bits per heavy atom. The van der Waals surface area contributed by atoms with Crippen LogP contribution in [0.25, 0.3) is 0 Å². The summed E-state index contributed by atoms with van der Waals surface area (Å²) >= 11 is 0. The summed E-state index contributed by atoms with van der Waals surface area (Å²) in [5.74, 6) is -0.238. The van der Waals surface area contributed by atoms with Gasteiger partial charge in [0.05, 0.1) is 19.8 Å². The quantitative estimate of drug-likeness (QED) is 0.861. The minimum absolute atomic E-state index is 0.0400. The molecule has 0 aliphatic carbocycles. The van der Waals surface area contributed by atoms with Gasteiger partial charge >= 0.3 is 0 Å². The number of carbonyl (C=O) groups excluding carboxylic acids is 1. The normalized spacial score (nSPS) is 18.6. The number of carbonyl (C=O) groups is 1. The lowest BCUT2D eigenvalue weighted by atomic mass is 10.2. The summed E-state index contributed by atoms with van der Waals surface area (Å²) in [5.41, 5.74) is 0. The number of morpholine rings is 1. The van der Waals surface area contributed by atoms with Gasteiger partial charge in [0.2, 0.25) is 5.91 Å². The molecule has 0 bridgehead atoms. The van der Waals surface area contributed by atoms with Crippen molar-refractivity contribution in [2.45, 2.75) is 6.04 Å². The lowest BCUT2D eigenvalue weighted by Gasteiger charge is -2.27. The Bertz CT molecular complexity index is 450. The van der Waals surface area contributed by atoms with Crippen molar-refractivity contribution in [3.05, 3.63) is 30.1 Å². The summed E-state index contributed by atoms with van der Waals surface area (Å²) in [5, 5.41) is 3.10. The van der Waals surface area contributed by atoms with Crippen LogP contribution in [0.3, 0.4) is 0 Å². The zero-order valence-corrected chi connectivity index (χ0v) is 11.5. The van der Waals surface area contributed by atoms with Gasteiger partial charge in [0, 0.05) is 13.6 Å². The first-order valence-electron chi connectivity index (χ1n) is 6.62. The Hall–Kier alpha value is -1.66. The highest BCUT2D eigenvalue weighted by Crippen LogP contribution is 2.15. The molecule has 0 spiro atoms. The van der Waals surface area contributed by atoms with Crippen LogP contribution in [0.15, 0.2) is 24.3 Å². The van der Waals surface area contributed by atoms with Crippen molar-refractivity contribution in [3.8, 4) is 5.75 Å². The number of hydrogen-bond donors (Lipinski definition) is 1. The first-order valence-corrected chi connectivity index (χ1v) is 6.62. The van der Waals surface area contributed by atoms with Gasteiger partial charge in [0.15, 0.2) is 11.6 Å². The first kappa shape index (κ1) is 14.7. The molecule has 1 fully saturated rings. The Balaban J connectivity index is 1.75. The van der Waals surface area contributed by atoms with E-state index in [2.05, 4.69) is 5.32 Å². The number of nitrogens with one attached hydrogen (secondary N) is 1. The second-order valence-corrected chi connectivity index (χ2v) is 4.62. The summed E-state index contributed by atoms with van der Waals surface area (Å²) in [6, 6.07) is 5.91. The molecule has 0 saturated carbocycles. The minimum atomic E-state index is -0.399. The molecule has 1 atom stereocenters. The average Bonchev–Trinajstić information content (AvgIpc) is 2.49. The number of halogens is 1. The van der Waals surface area contributed by atoms with Crippen molar-refractivity contribution >= 4 is 5.91 Å². The third-order valence-corrected chi connectivity index (χ3v) is 3.12. The van der Waals surface area contributed by atoms with Crippen molar-refractivity contribution in [1.82, 2.24) is 10.2 Å². The molecule has 1 N–H and O–H groups in total. The third kappa shape index (κ3) is 3.91. The van der Waals surface area contributed by atoms with Gasteiger partial charge in [-0.1, -0.05) is 12.1 Å². The molecular weight excluding hydrogens is 263 g/mol. The SMILES string of the molecule is CN(CCOc1ccccc1F)C(=O)[C@H]1COCCN1. The largest absolute Gasteiger partial charge is 0.489 e. The van der Waals surface area contributed by atoms with Crippen LogP contribution in [0.2, 0.25) is 0 Å². The Morgan fingerprint density at radius 3 is 3.05 bits per heavy atom. The fourth-order valence-electron chi connectivity index (χ4n) is 1.95. The van der Waals surface area contributed by atoms with E-state index in [0.717, 1.165) is 0 Å². The molecule has 1 saturated heterocycles. The van der Waals surface area contributed by atoms with Crippen molar-refractivity contribution in [1.29, 1.82) is 0 Å². The molecule has 1 aliphatic heterocycles. The van der Waals surface area contributed by atoms with Gasteiger partial charge in [-0.2, -0.15) is 0 Å². The Labute approximate surface area is 117 Å². The molecule has 1 aromatic carbocycles. The van der Waals surface area contributed by atoms with Crippen LogP contribution >= 0.6 is 0 Å². The fourth-order valence-corrected chi connectivity index (χ4v) is 1.95. The van der Waals surface area contributed by atoms with Crippen LogP contribution in [0.4, 0.5) is 4.39 Å². The maximum absolute atomic E-state index is 13.3. The minimum Gasteiger partial charge on any atom is -0.489 e. The average molecular weight is 282 g/mol. The second-order valence-electron chi connectivity index (χ2n) is 4.62. The van der Waals surface area contributed by atoms with Gasteiger partial charge in [-0.3, -0.25) is 4.79 Å². The highest BCUT2D eigenvalue weighted by atomic mass is 19.1. The third-order valence-electron chi connectivity index (χ3n) is 3.12. The summed E-state index contributed by atoms with van der Waals surface area (Å²) in [6.45, 7) is 2.33. The maximum atomic E-state index is 13.3. The van der Waals surface area contributed by atoms with E-state index in [-0.39, 0.29) is 24.3 Å². The van der Waals surface area contributed by atoms with Crippen molar-refractivity contribution < 1.29 is 18.7 Å². The van der Waals surface area contributed by atoms with Crippen LogP contribution in [0, 0.1) is 5.82 Å². The van der Waals surface area contributed by atoms with E-state index in [4.69, 9.17) is 9.47 Å². The summed E-state index contributed by atoms with van der Waals surface area (Å²) in [7, 11) is 1.70. The van der Waals surface area contributed by atoms with E-state index in [0.29, 0.717) is 26.3 Å². The van der Waals surface area contributed by atoms with E-state index in [1.54, 1.807) is 30.1 Å². The smallest absolute Gasteiger partial charge is 0.241 e. The topological polar surface area (TPSA) is 50.8 Å². The van der Waals surface area contributed by atoms with Gasteiger partial charge in [-0.05, 0) is 12.1 Å². The van der Waals surface area contributed by atoms with E-state index >= 15 is 0 Å². The van der Waals surface area contributed by atoms with Crippen LogP contribution in [0.1, 0.15) is 0 Å². The molecule has 0 aromatic heterocycles. The predicted octanol–water partition coefficient (Wildman–Crippen LogP) is 0.651. The first-order chi connectivity index (χ1) is 9.68. The van der Waals surface area contributed by atoms with Gasteiger partial charge in [-0.25, -0.2) is 4.39 Å². The number of rotatable bonds is 5. The lowest BCUT2D eigenvalue weighted by Crippen LogP contribution is -2.52. The molecule has 1 heterocycles. The standard InChI is InChI=1S/C14H19FN2O3/c1-17(14(18)12-10-19-8-6-16-12)7-9-20-13-5-3-2-4-11(13)15/h2-5,12,16H,6-10H2,1H3/t12-/m1/s1. The van der Waals surface area contributed by atoms with Crippen molar-refractivity contribution in [2.24, 2.45) is 0 Å². The van der Waals surface area contributed by atoms with Gasteiger partial charge in [0.1, 0.15) is 12.6 Å². The second kappa shape index (κ2) is 7.21. The number of amides is 1. The van der Waals surface area contributed by atoms with E-state index in [9.17, 15) is 9.18 Å². The number of hydrogen-bond acceptors (Lipinski definition) is 4. The number of ether oxygens (including phenoxy) is 2. The van der Waals surface area contributed by atoms with Gasteiger partial charge < -0.3 is 19.7 Å². The monoisotopic (exact) mass is 282 g/mol. The Kier molecular flexibility index (Phi) is 5.31. The van der Waals surface area contributed by atoms with E-state index in [1.165, 1.54) is 6.07 Å². The fraction of sp³-hybridized carbons (Fsp3) is 0.500. The molecule has 110 valence electrons. The molecule has 1 aliphatic rings. The summed E-state index contributed by atoms with van der Waals surface area (Å²) < 4.78 is 23.9. The number of likely N-dealkylation sites (N-methyl/N-ethyl adjacent to an activating group) is 1. The maximum Gasteiger partial charge on any atom is 0.241 e. The molecule has 0 unspecified atom stereocenters. The van der Waals surface area contributed by atoms with Crippen LogP contribution in [0.5, 0.6) is 5.75 Å². The molecule has 2 rings (SSSR count). The molecular formula is C14H19FN2O3. The summed E-state index contributed by atoms with van der Waals surface area (Å²) in [6.07, 6.45) is 0. The molecule has 5 nitrogen and oxygen atoms in total. The highest BCUT2D eigenvalue weighted by molar-refractivity contribution is 5.81. The number of para-hydroxylation sites is 1. The van der Waals surface area contributed by atoms with Gasteiger partial charge in [-0.15, -0.1) is 0 Å². The molecule has 6 heteroatoms. The van der Waals surface area contributed by atoms with Crippen molar-refractivity contribution in [3.63, 3.8) is 0 Å². The van der Waals surface area contributed by atoms with Gasteiger partial charge in [0.25, 0.3) is 0 Å². The van der Waals surface area contributed by atoms with Crippen LogP contribution in [-0.4, -0.2) is 56.8 Å². The number of benzene rings is 1. The predicted molar refractivity (Wildman–Crippen MR) is 72.1 cm³/mol. The summed E-state index contributed by atoms with van der Waals surface area (Å²) in [4.78, 5) is 13.6. The molecule has 0 radical (unpaired) electrons. The molecule has 1 amide bonds. The molecule has 1 aromatic rings.